The van der Waals surface area contributed by atoms with Crippen molar-refractivity contribution in [2.24, 2.45) is 0 Å². The number of ether oxygens (including phenoxy) is 2. The molecule has 1 atom stereocenters. The van der Waals surface area contributed by atoms with Gasteiger partial charge in [0.05, 0.1) is 19.8 Å². The van der Waals surface area contributed by atoms with Crippen LogP contribution in [0.2, 0.25) is 0 Å². The lowest BCUT2D eigenvalue weighted by Crippen LogP contribution is -2.22. The lowest BCUT2D eigenvalue weighted by Gasteiger charge is -2.12. The molecule has 1 aromatic rings. The first-order valence-electron chi connectivity index (χ1n) is 12.2. The minimum atomic E-state index is -0.537. The van der Waals surface area contributed by atoms with E-state index in [-0.39, 0.29) is 0 Å². The standard InChI is InChI=1S/C26H46O3/c1-2-3-4-5-6-7-8-9-10-11-12-13-14-18-21-28-23-26(27)24-29-22-25-19-16-15-17-20-25/h15-17,19-20,26-27H,2-14,18,21-24H2,1H3/t26-/m0/s1. The number of aliphatic hydroxyl groups is 1. The first-order valence-corrected chi connectivity index (χ1v) is 12.2. The molecule has 0 aromatic heterocycles. The maximum Gasteiger partial charge on any atom is 0.101 e. The van der Waals surface area contributed by atoms with Crippen molar-refractivity contribution in [2.75, 3.05) is 19.8 Å². The summed E-state index contributed by atoms with van der Waals surface area (Å²) < 4.78 is 11.1. The molecule has 0 bridgehead atoms. The second kappa shape index (κ2) is 20.4. The van der Waals surface area contributed by atoms with Crippen molar-refractivity contribution in [1.29, 1.82) is 0 Å². The number of hydrogen-bond acceptors (Lipinski definition) is 3. The van der Waals surface area contributed by atoms with Gasteiger partial charge in [-0.25, -0.2) is 0 Å². The second-order valence-electron chi connectivity index (χ2n) is 8.33. The van der Waals surface area contributed by atoms with Crippen LogP contribution in [0.5, 0.6) is 0 Å². The van der Waals surface area contributed by atoms with Crippen molar-refractivity contribution in [1.82, 2.24) is 0 Å². The SMILES string of the molecule is CCCCCCCCCCCCCCCCOC[C@H](O)COCc1ccccc1. The molecular formula is C26H46O3. The Balaban J connectivity index is 1.74. The Morgan fingerprint density at radius 2 is 1.14 bits per heavy atom. The molecule has 0 amide bonds. The van der Waals surface area contributed by atoms with E-state index in [0.717, 1.165) is 18.6 Å². The molecule has 0 aliphatic carbocycles. The summed E-state index contributed by atoms with van der Waals surface area (Å²) >= 11 is 0. The topological polar surface area (TPSA) is 38.7 Å². The van der Waals surface area contributed by atoms with Gasteiger partial charge in [0.2, 0.25) is 0 Å². The van der Waals surface area contributed by atoms with Crippen LogP contribution < -0.4 is 0 Å². The highest BCUT2D eigenvalue weighted by Crippen LogP contribution is 2.13. The van der Waals surface area contributed by atoms with Crippen LogP contribution in [-0.2, 0) is 16.1 Å². The Hall–Kier alpha value is -0.900. The van der Waals surface area contributed by atoms with Gasteiger partial charge in [-0.1, -0.05) is 121 Å². The van der Waals surface area contributed by atoms with Crippen molar-refractivity contribution < 1.29 is 14.6 Å². The Morgan fingerprint density at radius 3 is 1.69 bits per heavy atom. The highest BCUT2D eigenvalue weighted by molar-refractivity contribution is 5.13. The monoisotopic (exact) mass is 406 g/mol. The molecule has 3 nitrogen and oxygen atoms in total. The minimum Gasteiger partial charge on any atom is -0.388 e. The molecule has 0 fully saturated rings. The van der Waals surface area contributed by atoms with Gasteiger partial charge in [0.15, 0.2) is 0 Å². The maximum absolute atomic E-state index is 9.89. The molecule has 168 valence electrons. The van der Waals surface area contributed by atoms with Crippen molar-refractivity contribution in [2.45, 2.75) is 110 Å². The summed E-state index contributed by atoms with van der Waals surface area (Å²) in [6.45, 7) is 4.26. The molecule has 29 heavy (non-hydrogen) atoms. The highest BCUT2D eigenvalue weighted by Gasteiger charge is 2.04. The zero-order chi connectivity index (χ0) is 20.8. The van der Waals surface area contributed by atoms with Gasteiger partial charge in [0.25, 0.3) is 0 Å². The molecule has 0 unspecified atom stereocenters. The van der Waals surface area contributed by atoms with Gasteiger partial charge >= 0.3 is 0 Å². The maximum atomic E-state index is 9.89. The number of benzene rings is 1. The van der Waals surface area contributed by atoms with Crippen LogP contribution in [0.1, 0.15) is 102 Å². The van der Waals surface area contributed by atoms with Crippen LogP contribution in [-0.4, -0.2) is 31.0 Å². The van der Waals surface area contributed by atoms with E-state index in [9.17, 15) is 5.11 Å². The van der Waals surface area contributed by atoms with E-state index >= 15 is 0 Å². The van der Waals surface area contributed by atoms with Gasteiger partial charge in [0, 0.05) is 6.61 Å². The third-order valence-corrected chi connectivity index (χ3v) is 5.37. The summed E-state index contributed by atoms with van der Waals surface area (Å²) in [7, 11) is 0. The number of unbranched alkanes of at least 4 members (excludes halogenated alkanes) is 13. The van der Waals surface area contributed by atoms with E-state index in [1.807, 2.05) is 30.3 Å². The van der Waals surface area contributed by atoms with Gasteiger partial charge in [-0.15, -0.1) is 0 Å². The molecule has 0 spiro atoms. The molecule has 1 N–H and O–H groups in total. The van der Waals surface area contributed by atoms with E-state index in [4.69, 9.17) is 9.47 Å². The Labute approximate surface area is 180 Å². The molecule has 0 aliphatic heterocycles. The van der Waals surface area contributed by atoms with Crippen molar-refractivity contribution in [3.05, 3.63) is 35.9 Å². The fourth-order valence-electron chi connectivity index (χ4n) is 3.55. The van der Waals surface area contributed by atoms with Gasteiger partial charge < -0.3 is 14.6 Å². The summed E-state index contributed by atoms with van der Waals surface area (Å²) in [4.78, 5) is 0. The van der Waals surface area contributed by atoms with E-state index < -0.39 is 6.10 Å². The highest BCUT2D eigenvalue weighted by atomic mass is 16.5. The fourth-order valence-corrected chi connectivity index (χ4v) is 3.55. The number of hydrogen-bond donors (Lipinski definition) is 1. The van der Waals surface area contributed by atoms with Gasteiger partial charge in [0.1, 0.15) is 6.10 Å². The van der Waals surface area contributed by atoms with E-state index in [1.165, 1.54) is 83.5 Å². The second-order valence-corrected chi connectivity index (χ2v) is 8.33. The van der Waals surface area contributed by atoms with Crippen molar-refractivity contribution in [3.63, 3.8) is 0 Å². The normalized spacial score (nSPS) is 12.3. The average Bonchev–Trinajstić information content (AvgIpc) is 2.74. The van der Waals surface area contributed by atoms with Crippen molar-refractivity contribution in [3.8, 4) is 0 Å². The first kappa shape index (κ1) is 26.1. The number of rotatable bonds is 21. The average molecular weight is 407 g/mol. The minimum absolute atomic E-state index is 0.327. The molecule has 0 saturated heterocycles. The Morgan fingerprint density at radius 1 is 0.655 bits per heavy atom. The fraction of sp³-hybridized carbons (Fsp3) is 0.769. The molecular weight excluding hydrogens is 360 g/mol. The quantitative estimate of drug-likeness (QED) is 0.222. The Bertz CT molecular complexity index is 435. The summed E-state index contributed by atoms with van der Waals surface area (Å²) in [6.07, 6.45) is 18.6. The molecule has 3 heteroatoms. The third-order valence-electron chi connectivity index (χ3n) is 5.37. The van der Waals surface area contributed by atoms with Crippen LogP contribution in [0, 0.1) is 0 Å². The van der Waals surface area contributed by atoms with Crippen LogP contribution in [0.25, 0.3) is 0 Å². The summed E-state index contributed by atoms with van der Waals surface area (Å²) in [6, 6.07) is 10.0. The van der Waals surface area contributed by atoms with E-state index in [2.05, 4.69) is 6.92 Å². The lowest BCUT2D eigenvalue weighted by atomic mass is 10.0. The molecule has 0 saturated carbocycles. The molecule has 0 aliphatic rings. The van der Waals surface area contributed by atoms with Crippen LogP contribution >= 0.6 is 0 Å². The predicted octanol–water partition coefficient (Wildman–Crippen LogP) is 7.06. The Kier molecular flexibility index (Phi) is 18.4. The largest absolute Gasteiger partial charge is 0.388 e. The van der Waals surface area contributed by atoms with E-state index in [1.54, 1.807) is 0 Å². The van der Waals surface area contributed by atoms with Gasteiger partial charge in [-0.3, -0.25) is 0 Å². The van der Waals surface area contributed by atoms with Gasteiger partial charge in [-0.2, -0.15) is 0 Å². The predicted molar refractivity (Wildman–Crippen MR) is 123 cm³/mol. The summed E-state index contributed by atoms with van der Waals surface area (Å²) in [5, 5.41) is 9.89. The molecule has 0 radical (unpaired) electrons. The molecule has 1 rings (SSSR count). The lowest BCUT2D eigenvalue weighted by molar-refractivity contribution is -0.0239. The smallest absolute Gasteiger partial charge is 0.101 e. The van der Waals surface area contributed by atoms with Crippen molar-refractivity contribution >= 4 is 0 Å². The first-order chi connectivity index (χ1) is 14.3. The zero-order valence-electron chi connectivity index (χ0n) is 19.0. The molecule has 1 aromatic carbocycles. The third kappa shape index (κ3) is 17.7. The zero-order valence-corrected chi connectivity index (χ0v) is 19.0. The van der Waals surface area contributed by atoms with E-state index in [0.29, 0.717) is 19.8 Å². The van der Waals surface area contributed by atoms with Crippen LogP contribution in [0.3, 0.4) is 0 Å². The summed E-state index contributed by atoms with van der Waals surface area (Å²) in [5.74, 6) is 0. The van der Waals surface area contributed by atoms with Gasteiger partial charge in [-0.05, 0) is 12.0 Å². The van der Waals surface area contributed by atoms with Crippen LogP contribution in [0.15, 0.2) is 30.3 Å². The number of aliphatic hydroxyl groups excluding tert-OH is 1. The summed E-state index contributed by atoms with van der Waals surface area (Å²) in [5.41, 5.74) is 1.13. The molecule has 0 heterocycles. The van der Waals surface area contributed by atoms with Crippen LogP contribution in [0.4, 0.5) is 0 Å².